The smallest absolute Gasteiger partial charge is 0.268 e. The van der Waals surface area contributed by atoms with Crippen LogP contribution >= 0.6 is 0 Å². The largest absolute Gasteiger partial charge is 0.357 e. The summed E-state index contributed by atoms with van der Waals surface area (Å²) in [6.45, 7) is 1.15. The van der Waals surface area contributed by atoms with E-state index >= 15 is 0 Å². The molecule has 0 aromatic carbocycles. The topological polar surface area (TPSA) is 79.0 Å². The second kappa shape index (κ2) is 8.57. The van der Waals surface area contributed by atoms with E-state index in [1.165, 1.54) is 6.20 Å². The number of rotatable bonds is 6. The summed E-state index contributed by atoms with van der Waals surface area (Å²) < 4.78 is 29.0. The first-order valence-corrected chi connectivity index (χ1v) is 9.55. The number of nitriles is 1. The molecule has 30 heavy (non-hydrogen) atoms. The lowest BCUT2D eigenvalue weighted by molar-refractivity contribution is -0.132. The molecule has 0 saturated carbocycles. The molecule has 3 heterocycles. The summed E-state index contributed by atoms with van der Waals surface area (Å²) in [4.78, 5) is 30.0. The molecule has 0 radical (unpaired) electrons. The van der Waals surface area contributed by atoms with Gasteiger partial charge in [-0.15, -0.1) is 0 Å². The highest BCUT2D eigenvalue weighted by Gasteiger charge is 2.47. The molecule has 0 bridgehead atoms. The van der Waals surface area contributed by atoms with Gasteiger partial charge in [-0.05, 0) is 36.3 Å². The van der Waals surface area contributed by atoms with Crippen molar-refractivity contribution in [3.8, 4) is 6.07 Å². The van der Waals surface area contributed by atoms with Crippen molar-refractivity contribution in [2.75, 3.05) is 6.54 Å². The molecule has 1 aliphatic heterocycles. The molecule has 0 N–H and O–H groups in total. The summed E-state index contributed by atoms with van der Waals surface area (Å²) in [5, 5.41) is 9.03. The van der Waals surface area contributed by atoms with E-state index in [2.05, 4.69) is 4.98 Å². The number of carbonyl (C=O) groups excluding carboxylic acids is 2. The Morgan fingerprint density at radius 3 is 2.80 bits per heavy atom. The quantitative estimate of drug-likeness (QED) is 0.678. The van der Waals surface area contributed by atoms with Gasteiger partial charge in [0.1, 0.15) is 6.04 Å². The lowest BCUT2D eigenvalue weighted by atomic mass is 9.99. The second-order valence-electron chi connectivity index (χ2n) is 7.51. The van der Waals surface area contributed by atoms with Gasteiger partial charge in [0.05, 0.1) is 12.6 Å². The maximum Gasteiger partial charge on any atom is 0.268 e. The SMILES string of the molecule is C/C(=C\c1cnccc1C(=O)CCC(=O)N1CC(F)(F)C[C@H]1C#N)c1ccn(C)c1. The number of amides is 1. The number of allylic oxidation sites excluding steroid dienone is 1. The molecule has 8 heteroatoms. The Hall–Kier alpha value is -3.34. The van der Waals surface area contributed by atoms with Gasteiger partial charge in [-0.2, -0.15) is 5.26 Å². The van der Waals surface area contributed by atoms with Gasteiger partial charge in [0.25, 0.3) is 5.92 Å². The van der Waals surface area contributed by atoms with Crippen LogP contribution in [0.1, 0.15) is 47.7 Å². The minimum Gasteiger partial charge on any atom is -0.357 e. The number of hydrogen-bond acceptors (Lipinski definition) is 4. The summed E-state index contributed by atoms with van der Waals surface area (Å²) in [5.41, 5.74) is 2.99. The molecule has 2 aromatic rings. The number of hydrogen-bond donors (Lipinski definition) is 0. The van der Waals surface area contributed by atoms with Crippen molar-refractivity contribution in [2.45, 2.75) is 38.2 Å². The fourth-order valence-corrected chi connectivity index (χ4v) is 3.52. The van der Waals surface area contributed by atoms with E-state index in [0.29, 0.717) is 11.1 Å². The molecule has 1 aliphatic rings. The van der Waals surface area contributed by atoms with E-state index in [-0.39, 0.29) is 18.6 Å². The normalized spacial score (nSPS) is 18.3. The average molecular weight is 412 g/mol. The van der Waals surface area contributed by atoms with Gasteiger partial charge in [-0.1, -0.05) is 0 Å². The van der Waals surface area contributed by atoms with Crippen LogP contribution in [0, 0.1) is 11.3 Å². The van der Waals surface area contributed by atoms with Crippen molar-refractivity contribution in [2.24, 2.45) is 7.05 Å². The lowest BCUT2D eigenvalue weighted by Gasteiger charge is -2.18. The van der Waals surface area contributed by atoms with Gasteiger partial charge in [-0.3, -0.25) is 14.6 Å². The number of likely N-dealkylation sites (tertiary alicyclic amines) is 1. The van der Waals surface area contributed by atoms with E-state index in [1.807, 2.05) is 43.1 Å². The number of halogens is 2. The molecule has 1 fully saturated rings. The third kappa shape index (κ3) is 4.79. The first kappa shape index (κ1) is 21.4. The minimum atomic E-state index is -3.07. The van der Waals surface area contributed by atoms with Gasteiger partial charge in [0.2, 0.25) is 5.91 Å². The van der Waals surface area contributed by atoms with Gasteiger partial charge in [0, 0.05) is 62.2 Å². The minimum absolute atomic E-state index is 0.131. The van der Waals surface area contributed by atoms with Gasteiger partial charge < -0.3 is 9.47 Å². The van der Waals surface area contributed by atoms with E-state index in [0.717, 1.165) is 16.0 Å². The Morgan fingerprint density at radius 1 is 1.37 bits per heavy atom. The van der Waals surface area contributed by atoms with Crippen molar-refractivity contribution >= 4 is 23.3 Å². The predicted molar refractivity (Wildman–Crippen MR) is 107 cm³/mol. The monoisotopic (exact) mass is 412 g/mol. The number of ketones is 1. The van der Waals surface area contributed by atoms with E-state index in [4.69, 9.17) is 5.26 Å². The summed E-state index contributed by atoms with van der Waals surface area (Å²) in [7, 11) is 1.92. The molecule has 2 aromatic heterocycles. The Bertz CT molecular complexity index is 1040. The Morgan fingerprint density at radius 2 is 2.13 bits per heavy atom. The van der Waals surface area contributed by atoms with Crippen molar-refractivity contribution in [1.29, 1.82) is 5.26 Å². The number of Topliss-reactive ketones (excluding diaryl/α,β-unsaturated/α-hetero) is 1. The van der Waals surface area contributed by atoms with Crippen LogP contribution in [0.15, 0.2) is 36.9 Å². The maximum atomic E-state index is 13.5. The second-order valence-corrected chi connectivity index (χ2v) is 7.51. The number of pyridine rings is 1. The van der Waals surface area contributed by atoms with E-state index in [1.54, 1.807) is 18.3 Å². The Balaban J connectivity index is 1.71. The molecule has 1 saturated heterocycles. The van der Waals surface area contributed by atoms with Crippen LogP contribution in [0.3, 0.4) is 0 Å². The van der Waals surface area contributed by atoms with E-state index < -0.39 is 30.8 Å². The lowest BCUT2D eigenvalue weighted by Crippen LogP contribution is -2.36. The van der Waals surface area contributed by atoms with Crippen molar-refractivity contribution in [3.05, 3.63) is 53.6 Å². The Labute approximate surface area is 173 Å². The molecule has 1 amide bonds. The molecule has 0 spiro atoms. The highest BCUT2D eigenvalue weighted by atomic mass is 19.3. The van der Waals surface area contributed by atoms with Crippen molar-refractivity contribution < 1.29 is 18.4 Å². The van der Waals surface area contributed by atoms with Crippen LogP contribution < -0.4 is 0 Å². The fraction of sp³-hybridized carbons (Fsp3) is 0.364. The predicted octanol–water partition coefficient (Wildman–Crippen LogP) is 3.70. The fourth-order valence-electron chi connectivity index (χ4n) is 3.52. The molecule has 156 valence electrons. The summed E-state index contributed by atoms with van der Waals surface area (Å²) >= 11 is 0. The van der Waals surface area contributed by atoms with Crippen LogP contribution in [-0.2, 0) is 11.8 Å². The van der Waals surface area contributed by atoms with Gasteiger partial charge in [0.15, 0.2) is 5.78 Å². The number of nitrogens with zero attached hydrogens (tertiary/aromatic N) is 4. The summed E-state index contributed by atoms with van der Waals surface area (Å²) in [5.74, 6) is -3.96. The maximum absolute atomic E-state index is 13.5. The summed E-state index contributed by atoms with van der Waals surface area (Å²) in [6.07, 6.45) is 7.78. The zero-order valence-electron chi connectivity index (χ0n) is 16.8. The number of alkyl halides is 2. The summed E-state index contributed by atoms with van der Waals surface area (Å²) in [6, 6.07) is 4.12. The first-order valence-electron chi connectivity index (χ1n) is 9.55. The van der Waals surface area contributed by atoms with Crippen LogP contribution in [0.25, 0.3) is 11.6 Å². The molecule has 3 rings (SSSR count). The van der Waals surface area contributed by atoms with Crippen molar-refractivity contribution in [3.63, 3.8) is 0 Å². The Kier molecular flexibility index (Phi) is 6.11. The number of aryl methyl sites for hydroxylation is 1. The zero-order chi connectivity index (χ0) is 21.9. The molecular weight excluding hydrogens is 390 g/mol. The third-order valence-electron chi connectivity index (χ3n) is 5.12. The highest BCUT2D eigenvalue weighted by molar-refractivity contribution is 6.02. The van der Waals surface area contributed by atoms with Crippen molar-refractivity contribution in [1.82, 2.24) is 14.5 Å². The molecule has 0 unspecified atom stereocenters. The van der Waals surface area contributed by atoms with Gasteiger partial charge >= 0.3 is 0 Å². The highest BCUT2D eigenvalue weighted by Crippen LogP contribution is 2.32. The van der Waals surface area contributed by atoms with Crippen LogP contribution in [0.5, 0.6) is 0 Å². The standard InChI is InChI=1S/C22H22F2N4O2/c1-15(16-6-8-27(2)13-16)9-17-12-26-7-5-19(17)20(29)3-4-21(30)28-14-22(23,24)10-18(28)11-25/h5-9,12-13,18H,3-4,10,14H2,1-2H3/b15-9+/t18-/m0/s1. The number of carbonyl (C=O) groups is 2. The molecule has 1 atom stereocenters. The molecule has 0 aliphatic carbocycles. The van der Waals surface area contributed by atoms with Crippen LogP contribution in [0.4, 0.5) is 8.78 Å². The van der Waals surface area contributed by atoms with Crippen LogP contribution in [0.2, 0.25) is 0 Å². The third-order valence-corrected chi connectivity index (χ3v) is 5.12. The van der Waals surface area contributed by atoms with Gasteiger partial charge in [-0.25, -0.2) is 8.78 Å². The zero-order valence-corrected chi connectivity index (χ0v) is 16.8. The average Bonchev–Trinajstić information content (AvgIpc) is 3.28. The van der Waals surface area contributed by atoms with E-state index in [9.17, 15) is 18.4 Å². The number of aromatic nitrogens is 2. The molecule has 6 nitrogen and oxygen atoms in total. The first-order chi connectivity index (χ1) is 14.2. The molecular formula is C22H22F2N4O2. The van der Waals surface area contributed by atoms with Crippen LogP contribution in [-0.4, -0.2) is 44.7 Å².